The van der Waals surface area contributed by atoms with Gasteiger partial charge in [0.2, 0.25) is 5.88 Å². The highest BCUT2D eigenvalue weighted by Gasteiger charge is 2.20. The van der Waals surface area contributed by atoms with Crippen LogP contribution in [0.5, 0.6) is 5.88 Å². The van der Waals surface area contributed by atoms with Crippen LogP contribution in [0, 0.1) is 6.92 Å². The first-order chi connectivity index (χ1) is 15.5. The Hall–Kier alpha value is -3.47. The predicted molar refractivity (Wildman–Crippen MR) is 126 cm³/mol. The maximum Gasteiger partial charge on any atom is 0.407 e. The van der Waals surface area contributed by atoms with Crippen molar-refractivity contribution in [3.63, 3.8) is 0 Å². The first kappa shape index (κ1) is 24.2. The lowest BCUT2D eigenvalue weighted by molar-refractivity contribution is 0.0521. The molecule has 1 atom stereocenters. The molecular formula is C22H27N5O5S. The molecule has 10 nitrogen and oxygen atoms in total. The van der Waals surface area contributed by atoms with E-state index in [1.54, 1.807) is 46.0 Å². The number of fused-ring (bicyclic) bond motifs is 1. The molecule has 0 radical (unpaired) electrons. The van der Waals surface area contributed by atoms with E-state index in [0.717, 1.165) is 11.3 Å². The summed E-state index contributed by atoms with van der Waals surface area (Å²) in [7, 11) is 0. The van der Waals surface area contributed by atoms with Crippen LogP contribution in [-0.4, -0.2) is 50.4 Å². The number of carboxylic acids is 1. The molecule has 0 saturated heterocycles. The van der Waals surface area contributed by atoms with E-state index in [-0.39, 0.29) is 11.0 Å². The molecule has 33 heavy (non-hydrogen) atoms. The van der Waals surface area contributed by atoms with Crippen LogP contribution in [0.2, 0.25) is 0 Å². The van der Waals surface area contributed by atoms with Crippen molar-refractivity contribution in [1.82, 2.24) is 20.3 Å². The van der Waals surface area contributed by atoms with Gasteiger partial charge in [-0.15, -0.1) is 11.3 Å². The van der Waals surface area contributed by atoms with Gasteiger partial charge in [-0.1, -0.05) is 0 Å². The van der Waals surface area contributed by atoms with Crippen molar-refractivity contribution >= 4 is 45.1 Å². The summed E-state index contributed by atoms with van der Waals surface area (Å²) in [5, 5.41) is 16.0. The molecule has 0 aliphatic carbocycles. The largest absolute Gasteiger partial charge is 0.477 e. The van der Waals surface area contributed by atoms with Gasteiger partial charge in [0.05, 0.1) is 11.5 Å². The number of aromatic carboxylic acids is 1. The highest BCUT2D eigenvalue weighted by atomic mass is 32.1. The first-order valence-electron chi connectivity index (χ1n) is 10.4. The van der Waals surface area contributed by atoms with Crippen molar-refractivity contribution in [2.75, 3.05) is 11.9 Å². The predicted octanol–water partition coefficient (Wildman–Crippen LogP) is 4.52. The number of nitrogens with zero attached hydrogens (tertiary/aromatic N) is 3. The van der Waals surface area contributed by atoms with E-state index in [4.69, 9.17) is 9.47 Å². The summed E-state index contributed by atoms with van der Waals surface area (Å²) in [6, 6.07) is 3.55. The quantitative estimate of drug-likeness (QED) is 0.431. The Kier molecular flexibility index (Phi) is 7.32. The number of carboxylic acid groups (broad SMARTS) is 1. The third kappa shape index (κ3) is 6.28. The molecule has 1 unspecified atom stereocenters. The fraction of sp³-hybridized carbons (Fsp3) is 0.409. The smallest absolute Gasteiger partial charge is 0.407 e. The van der Waals surface area contributed by atoms with E-state index in [1.807, 2.05) is 6.92 Å². The van der Waals surface area contributed by atoms with Gasteiger partial charge in [0.25, 0.3) is 0 Å². The Morgan fingerprint density at radius 2 is 2.00 bits per heavy atom. The Bertz CT molecular complexity index is 1160. The van der Waals surface area contributed by atoms with Crippen LogP contribution in [0.3, 0.4) is 0 Å². The summed E-state index contributed by atoms with van der Waals surface area (Å²) >= 11 is 1.10. The average molecular weight is 474 g/mol. The zero-order chi connectivity index (χ0) is 24.2. The molecule has 0 fully saturated rings. The zero-order valence-corrected chi connectivity index (χ0v) is 19.9. The van der Waals surface area contributed by atoms with Crippen molar-refractivity contribution in [2.45, 2.75) is 52.7 Å². The van der Waals surface area contributed by atoms with Gasteiger partial charge in [0.15, 0.2) is 0 Å². The molecule has 3 rings (SSSR count). The summed E-state index contributed by atoms with van der Waals surface area (Å²) in [5.74, 6) is -0.167. The van der Waals surface area contributed by atoms with Gasteiger partial charge in [-0.05, 0) is 52.3 Å². The van der Waals surface area contributed by atoms with Gasteiger partial charge in [0, 0.05) is 19.2 Å². The third-order valence-electron chi connectivity index (χ3n) is 4.48. The van der Waals surface area contributed by atoms with E-state index in [9.17, 15) is 14.7 Å². The topological polar surface area (TPSA) is 136 Å². The molecule has 3 aromatic heterocycles. The van der Waals surface area contributed by atoms with Crippen molar-refractivity contribution in [3.05, 3.63) is 35.1 Å². The number of aromatic nitrogens is 3. The molecule has 0 bridgehead atoms. The van der Waals surface area contributed by atoms with Crippen LogP contribution in [0.25, 0.3) is 10.2 Å². The van der Waals surface area contributed by atoms with Crippen LogP contribution < -0.4 is 15.4 Å². The molecule has 0 spiro atoms. The maximum atomic E-state index is 11.8. The molecule has 3 N–H and O–H groups in total. The van der Waals surface area contributed by atoms with E-state index in [0.29, 0.717) is 46.1 Å². The Labute approximate surface area is 195 Å². The summed E-state index contributed by atoms with van der Waals surface area (Å²) in [5.41, 5.74) is 0.615. The molecule has 176 valence electrons. The van der Waals surface area contributed by atoms with E-state index in [1.165, 1.54) is 6.33 Å². The second kappa shape index (κ2) is 9.99. The average Bonchev–Trinajstić information content (AvgIpc) is 3.06. The minimum Gasteiger partial charge on any atom is -0.477 e. The maximum absolute atomic E-state index is 11.8. The number of pyridine rings is 1. The van der Waals surface area contributed by atoms with Crippen LogP contribution in [0.1, 0.15) is 49.4 Å². The molecule has 11 heteroatoms. The second-order valence-electron chi connectivity index (χ2n) is 8.39. The van der Waals surface area contributed by atoms with Gasteiger partial charge in [0.1, 0.15) is 33.1 Å². The second-order valence-corrected chi connectivity index (χ2v) is 9.39. The number of alkyl carbamates (subject to hydrolysis) is 1. The number of hydrogen-bond acceptors (Lipinski definition) is 9. The number of anilines is 2. The summed E-state index contributed by atoms with van der Waals surface area (Å²) in [6.07, 6.45) is 2.81. The minimum absolute atomic E-state index is 0.224. The van der Waals surface area contributed by atoms with E-state index in [2.05, 4.69) is 25.6 Å². The van der Waals surface area contributed by atoms with Gasteiger partial charge in [-0.25, -0.2) is 24.5 Å². The standard InChI is InChI=1S/C22H27N5O5S/c1-12(8-10-24-21(30)32-22(3,4)5)31-18-14(7-6-9-23-18)27-17-15-13(2)16(20(28)29)33-19(15)26-11-25-17/h6-7,9,11-12H,8,10H2,1-5H3,(H,24,30)(H,28,29)(H,25,26,27). The number of nitrogens with one attached hydrogen (secondary N) is 2. The van der Waals surface area contributed by atoms with Gasteiger partial charge in [-0.3, -0.25) is 0 Å². The van der Waals surface area contributed by atoms with Gasteiger partial charge in [-0.2, -0.15) is 0 Å². The molecule has 0 aliphatic rings. The SMILES string of the molecule is Cc1c(C(=O)O)sc2ncnc(Nc3cccnc3OC(C)CCNC(=O)OC(C)(C)C)c12. The fourth-order valence-electron chi connectivity index (χ4n) is 3.02. The lowest BCUT2D eigenvalue weighted by Crippen LogP contribution is -2.34. The Morgan fingerprint density at radius 3 is 2.70 bits per heavy atom. The highest BCUT2D eigenvalue weighted by molar-refractivity contribution is 7.20. The lowest BCUT2D eigenvalue weighted by Gasteiger charge is -2.20. The van der Waals surface area contributed by atoms with E-state index < -0.39 is 17.7 Å². The van der Waals surface area contributed by atoms with Gasteiger partial charge >= 0.3 is 12.1 Å². The van der Waals surface area contributed by atoms with Crippen LogP contribution in [0.15, 0.2) is 24.7 Å². The van der Waals surface area contributed by atoms with Crippen molar-refractivity contribution in [2.24, 2.45) is 0 Å². The zero-order valence-electron chi connectivity index (χ0n) is 19.1. The molecule has 3 heterocycles. The molecule has 0 aromatic carbocycles. The minimum atomic E-state index is -0.999. The number of aryl methyl sites for hydroxylation is 1. The first-order valence-corrected chi connectivity index (χ1v) is 11.2. The molecule has 0 saturated carbocycles. The summed E-state index contributed by atoms with van der Waals surface area (Å²) in [4.78, 5) is 36.9. The number of carbonyl (C=O) groups is 2. The number of amides is 1. The fourth-order valence-corrected chi connectivity index (χ4v) is 4.01. The molecular weight excluding hydrogens is 446 g/mol. The molecule has 1 amide bonds. The number of carbonyl (C=O) groups excluding carboxylic acids is 1. The normalized spacial score (nSPS) is 12.3. The number of thiophene rings is 1. The number of hydrogen-bond donors (Lipinski definition) is 3. The van der Waals surface area contributed by atoms with E-state index >= 15 is 0 Å². The summed E-state index contributed by atoms with van der Waals surface area (Å²) in [6.45, 7) is 9.40. The van der Waals surface area contributed by atoms with Crippen LogP contribution in [-0.2, 0) is 4.74 Å². The Morgan fingerprint density at radius 1 is 1.24 bits per heavy atom. The summed E-state index contributed by atoms with van der Waals surface area (Å²) < 4.78 is 11.2. The van der Waals surface area contributed by atoms with Gasteiger partial charge < -0.3 is 25.2 Å². The third-order valence-corrected chi connectivity index (χ3v) is 5.67. The van der Waals surface area contributed by atoms with Crippen molar-refractivity contribution in [1.29, 1.82) is 0 Å². The van der Waals surface area contributed by atoms with Crippen LogP contribution in [0.4, 0.5) is 16.3 Å². The lowest BCUT2D eigenvalue weighted by atomic mass is 10.2. The van der Waals surface area contributed by atoms with Crippen molar-refractivity contribution < 1.29 is 24.2 Å². The number of rotatable bonds is 8. The molecule has 0 aliphatic heterocycles. The molecule has 3 aromatic rings. The number of ether oxygens (including phenoxy) is 2. The van der Waals surface area contributed by atoms with Crippen molar-refractivity contribution in [3.8, 4) is 5.88 Å². The highest BCUT2D eigenvalue weighted by Crippen LogP contribution is 2.35. The van der Waals surface area contributed by atoms with Crippen LogP contribution >= 0.6 is 11.3 Å². The monoisotopic (exact) mass is 473 g/mol. The Balaban J connectivity index is 1.70.